The minimum absolute atomic E-state index is 0.0380. The van der Waals surface area contributed by atoms with Crippen LogP contribution < -0.4 is 5.32 Å². The molecule has 0 unspecified atom stereocenters. The van der Waals surface area contributed by atoms with Gasteiger partial charge < -0.3 is 19.0 Å². The molecule has 1 fully saturated rings. The minimum atomic E-state index is 0.0380. The summed E-state index contributed by atoms with van der Waals surface area (Å²) in [4.78, 5) is 8.84. The fraction of sp³-hybridized carbons (Fsp3) is 0.375. The largest absolute Gasteiger partial charge is 0.464 e. The molecule has 0 bridgehead atoms. The highest BCUT2D eigenvalue weighted by molar-refractivity contribution is 5.87. The first-order valence-corrected chi connectivity index (χ1v) is 7.48. The van der Waals surface area contributed by atoms with E-state index in [-0.39, 0.29) is 6.10 Å². The second kappa shape index (κ2) is 5.46. The number of nitrogens with one attached hydrogen (secondary N) is 1. The van der Waals surface area contributed by atoms with Crippen molar-refractivity contribution in [2.45, 2.75) is 12.5 Å². The number of aryl methyl sites for hydroxylation is 1. The second-order valence-electron chi connectivity index (χ2n) is 5.61. The Hall–Kier alpha value is -2.34. The predicted molar refractivity (Wildman–Crippen MR) is 82.5 cm³/mol. The summed E-state index contributed by atoms with van der Waals surface area (Å²) >= 11 is 0. The summed E-state index contributed by atoms with van der Waals surface area (Å²) in [6.45, 7) is 1.57. The van der Waals surface area contributed by atoms with Crippen molar-refractivity contribution in [2.24, 2.45) is 13.0 Å². The van der Waals surface area contributed by atoms with E-state index < -0.39 is 0 Å². The van der Waals surface area contributed by atoms with Crippen LogP contribution in [0.5, 0.6) is 0 Å². The van der Waals surface area contributed by atoms with Crippen molar-refractivity contribution in [2.75, 3.05) is 18.5 Å². The predicted octanol–water partition coefficient (Wildman–Crippen LogP) is 2.75. The molecule has 0 aromatic carbocycles. The molecular weight excluding hydrogens is 280 g/mol. The molecule has 1 N–H and O–H groups in total. The molecular formula is C16H18N4O2. The number of aromatic nitrogens is 3. The Morgan fingerprint density at radius 2 is 2.27 bits per heavy atom. The molecule has 0 amide bonds. The number of rotatable bonds is 4. The number of pyridine rings is 1. The van der Waals surface area contributed by atoms with Crippen LogP contribution in [-0.4, -0.2) is 27.7 Å². The molecule has 1 aliphatic rings. The molecule has 3 aromatic rings. The normalized spacial score (nSPS) is 21.5. The topological polar surface area (TPSA) is 65.1 Å². The summed E-state index contributed by atoms with van der Waals surface area (Å²) in [6.07, 6.45) is 8.27. The summed E-state index contributed by atoms with van der Waals surface area (Å²) in [6, 6.07) is 3.81. The van der Waals surface area contributed by atoms with E-state index in [0.717, 1.165) is 42.2 Å². The summed E-state index contributed by atoms with van der Waals surface area (Å²) in [5.74, 6) is 2.22. The first kappa shape index (κ1) is 13.3. The molecule has 2 atom stereocenters. The van der Waals surface area contributed by atoms with Crippen LogP contribution in [0.15, 0.2) is 41.4 Å². The minimum Gasteiger partial charge on any atom is -0.464 e. The Balaban J connectivity index is 1.51. The van der Waals surface area contributed by atoms with Gasteiger partial charge in [-0.2, -0.15) is 0 Å². The van der Waals surface area contributed by atoms with Crippen molar-refractivity contribution in [3.63, 3.8) is 0 Å². The zero-order valence-corrected chi connectivity index (χ0v) is 12.4. The lowest BCUT2D eigenvalue weighted by atomic mass is 10.0. The van der Waals surface area contributed by atoms with Crippen molar-refractivity contribution in [1.82, 2.24) is 14.5 Å². The molecule has 4 rings (SSSR count). The fourth-order valence-electron chi connectivity index (χ4n) is 3.04. The van der Waals surface area contributed by atoms with Gasteiger partial charge in [0.2, 0.25) is 0 Å². The van der Waals surface area contributed by atoms with Crippen molar-refractivity contribution in [1.29, 1.82) is 0 Å². The van der Waals surface area contributed by atoms with E-state index in [2.05, 4.69) is 15.3 Å². The third kappa shape index (κ3) is 2.25. The molecule has 0 spiro atoms. The molecule has 114 valence electrons. The Morgan fingerprint density at radius 1 is 1.32 bits per heavy atom. The Kier molecular flexibility index (Phi) is 3.31. The molecule has 6 nitrogen and oxygen atoms in total. The van der Waals surface area contributed by atoms with Crippen molar-refractivity contribution in [3.8, 4) is 0 Å². The molecule has 1 saturated heterocycles. The van der Waals surface area contributed by atoms with Gasteiger partial charge in [0.15, 0.2) is 0 Å². The van der Waals surface area contributed by atoms with Crippen LogP contribution in [0, 0.1) is 5.92 Å². The van der Waals surface area contributed by atoms with Gasteiger partial charge in [-0.1, -0.05) is 0 Å². The van der Waals surface area contributed by atoms with Gasteiger partial charge in [-0.15, -0.1) is 0 Å². The third-order valence-corrected chi connectivity index (χ3v) is 4.24. The number of hydrogen-bond donors (Lipinski definition) is 1. The van der Waals surface area contributed by atoms with Crippen molar-refractivity contribution in [3.05, 3.63) is 42.8 Å². The zero-order valence-electron chi connectivity index (χ0n) is 12.4. The van der Waals surface area contributed by atoms with Crippen molar-refractivity contribution >= 4 is 16.8 Å². The number of anilines is 1. The number of hydrogen-bond acceptors (Lipinski definition) is 5. The summed E-state index contributed by atoms with van der Waals surface area (Å²) < 4.78 is 13.3. The Morgan fingerprint density at radius 3 is 3.14 bits per heavy atom. The maximum atomic E-state index is 5.89. The highest BCUT2D eigenvalue weighted by Crippen LogP contribution is 2.34. The van der Waals surface area contributed by atoms with Gasteiger partial charge in [-0.25, -0.2) is 9.97 Å². The van der Waals surface area contributed by atoms with Crippen LogP contribution in [0.4, 0.5) is 5.82 Å². The van der Waals surface area contributed by atoms with E-state index in [1.165, 1.54) is 0 Å². The van der Waals surface area contributed by atoms with Gasteiger partial charge in [-0.3, -0.25) is 0 Å². The number of ether oxygens (including phenoxy) is 1. The highest BCUT2D eigenvalue weighted by Gasteiger charge is 2.32. The van der Waals surface area contributed by atoms with Gasteiger partial charge in [0.25, 0.3) is 0 Å². The lowest BCUT2D eigenvalue weighted by Gasteiger charge is -2.19. The van der Waals surface area contributed by atoms with Crippen molar-refractivity contribution < 1.29 is 9.15 Å². The molecule has 1 aliphatic heterocycles. The van der Waals surface area contributed by atoms with Gasteiger partial charge >= 0.3 is 0 Å². The van der Waals surface area contributed by atoms with Gasteiger partial charge in [0.1, 0.15) is 23.3 Å². The van der Waals surface area contributed by atoms with Crippen LogP contribution in [0.2, 0.25) is 0 Å². The van der Waals surface area contributed by atoms with Crippen LogP contribution in [0.3, 0.4) is 0 Å². The smallest absolute Gasteiger partial charge is 0.139 e. The first-order chi connectivity index (χ1) is 10.8. The second-order valence-corrected chi connectivity index (χ2v) is 5.61. The van der Waals surface area contributed by atoms with Gasteiger partial charge in [0, 0.05) is 44.7 Å². The van der Waals surface area contributed by atoms with E-state index in [4.69, 9.17) is 9.15 Å². The molecule has 4 heterocycles. The number of fused-ring (bicyclic) bond motifs is 1. The highest BCUT2D eigenvalue weighted by atomic mass is 16.5. The monoisotopic (exact) mass is 298 g/mol. The lowest BCUT2D eigenvalue weighted by molar-refractivity contribution is 0.0839. The lowest BCUT2D eigenvalue weighted by Crippen LogP contribution is -2.20. The van der Waals surface area contributed by atoms with Crippen LogP contribution in [0.25, 0.3) is 11.0 Å². The zero-order chi connectivity index (χ0) is 14.9. The van der Waals surface area contributed by atoms with Gasteiger partial charge in [-0.05, 0) is 18.6 Å². The summed E-state index contributed by atoms with van der Waals surface area (Å²) in [5.41, 5.74) is 0.848. The van der Waals surface area contributed by atoms with E-state index in [1.807, 2.05) is 36.1 Å². The molecule has 3 aromatic heterocycles. The van der Waals surface area contributed by atoms with Crippen LogP contribution >= 0.6 is 0 Å². The Labute approximate surface area is 128 Å². The molecule has 0 radical (unpaired) electrons. The number of furan rings is 1. The molecule has 0 aliphatic carbocycles. The maximum Gasteiger partial charge on any atom is 0.139 e. The summed E-state index contributed by atoms with van der Waals surface area (Å²) in [7, 11) is 2.00. The SMILES string of the molecule is Cn1ccnc1[C@@H]1OCC[C@H]1CNc1nccc2occc12. The molecule has 6 heteroatoms. The van der Waals surface area contributed by atoms with E-state index in [0.29, 0.717) is 5.92 Å². The maximum absolute atomic E-state index is 5.89. The van der Waals surface area contributed by atoms with E-state index >= 15 is 0 Å². The van der Waals surface area contributed by atoms with Gasteiger partial charge in [0.05, 0.1) is 11.6 Å². The Bertz CT molecular complexity index is 779. The quantitative estimate of drug-likeness (QED) is 0.802. The van der Waals surface area contributed by atoms with Crippen LogP contribution in [-0.2, 0) is 11.8 Å². The first-order valence-electron chi connectivity index (χ1n) is 7.48. The van der Waals surface area contributed by atoms with E-state index in [9.17, 15) is 0 Å². The molecule has 0 saturated carbocycles. The standard InChI is InChI=1S/C16H18N4O2/c1-20-7-6-18-16(20)14-11(3-8-22-14)10-19-15-12-4-9-21-13(12)2-5-17-15/h2,4-7,9,11,14H,3,8,10H2,1H3,(H,17,19)/t11-,14+/m0/s1. The average molecular weight is 298 g/mol. The third-order valence-electron chi connectivity index (χ3n) is 4.24. The fourth-order valence-corrected chi connectivity index (χ4v) is 3.04. The average Bonchev–Trinajstić information content (AvgIpc) is 3.24. The van der Waals surface area contributed by atoms with E-state index in [1.54, 1.807) is 12.5 Å². The number of imidazole rings is 1. The molecule has 22 heavy (non-hydrogen) atoms. The van der Waals surface area contributed by atoms with Crippen LogP contribution in [0.1, 0.15) is 18.3 Å². The summed E-state index contributed by atoms with van der Waals surface area (Å²) in [5, 5.41) is 4.45. The number of nitrogens with zero attached hydrogens (tertiary/aromatic N) is 3.